The topological polar surface area (TPSA) is 260 Å². The van der Waals surface area contributed by atoms with Gasteiger partial charge in [-0.05, 0) is 152 Å². The van der Waals surface area contributed by atoms with Gasteiger partial charge in [0, 0.05) is 54.2 Å². The van der Waals surface area contributed by atoms with E-state index in [1.54, 1.807) is 97.1 Å². The maximum atomic E-state index is 13.2. The lowest BCUT2D eigenvalue weighted by atomic mass is 9.96. The third kappa shape index (κ3) is 8.08. The zero-order valence-electron chi connectivity index (χ0n) is 48.9. The molecule has 0 unspecified atom stereocenters. The number of aromatic nitrogens is 6. The Bertz CT molecular complexity index is 6190. The van der Waals surface area contributed by atoms with E-state index < -0.39 is 0 Å². The molecule has 16 aromatic rings. The predicted molar refractivity (Wildman–Crippen MR) is 358 cm³/mol. The molecule has 0 fully saturated rings. The molecule has 5 heterocycles. The van der Waals surface area contributed by atoms with Crippen LogP contribution in [0.25, 0.3) is 144 Å². The molecule has 0 aliphatic carbocycles. The summed E-state index contributed by atoms with van der Waals surface area (Å²) in [6, 6.07) is 85.2. The van der Waals surface area contributed by atoms with Crippen LogP contribution in [0.1, 0.15) is 50.1 Å². The molecular weight excluding hydrogens is 1160 g/mol. The molecule has 426 valence electrons. The summed E-state index contributed by atoms with van der Waals surface area (Å²) in [5.41, 5.74) is 11.0. The molecule has 0 aliphatic heterocycles. The summed E-state index contributed by atoms with van der Waals surface area (Å²) >= 11 is 0. The van der Waals surface area contributed by atoms with Crippen molar-refractivity contribution in [2.24, 2.45) is 0 Å². The van der Waals surface area contributed by atoms with E-state index in [0.29, 0.717) is 160 Å². The number of rotatable bonds is 7. The van der Waals surface area contributed by atoms with E-state index in [-0.39, 0.29) is 22.6 Å². The number of hydrogen-bond acceptors (Lipinski definition) is 11. The first-order chi connectivity index (χ1) is 46.2. The number of hydrogen-bond donors (Lipinski definition) is 0. The van der Waals surface area contributed by atoms with Gasteiger partial charge in [-0.3, -0.25) is 0 Å². The highest BCUT2D eigenvalue weighted by molar-refractivity contribution is 6.18. The summed E-state index contributed by atoms with van der Waals surface area (Å²) in [4.78, 5) is 11.2. The van der Waals surface area contributed by atoms with Gasteiger partial charge in [-0.2, -0.15) is 47.4 Å². The van der Waals surface area contributed by atoms with Crippen molar-refractivity contribution in [2.45, 2.75) is 0 Å². The minimum absolute atomic E-state index is 0.0272. The lowest BCUT2D eigenvalue weighted by Crippen LogP contribution is -2.17. The summed E-state index contributed by atoms with van der Waals surface area (Å²) in [6.07, 6.45) is 0. The Labute approximate surface area is 533 Å². The van der Waals surface area contributed by atoms with Gasteiger partial charge in [-0.1, -0.05) is 60.7 Å². The van der Waals surface area contributed by atoms with E-state index in [1.165, 1.54) is 0 Å². The standard InChI is InChI=1S/C79H35N15/c80-36-45-11-19-66-55(27-45)56-28-46(37-81)12-20-67(56)91(66)75-63(44-88)74(79-89-64(53-7-3-1-4-8-53)35-65(90-79)54-9-5-2-6-10-54)76(92-68-21-13-47(38-82)29-57(68)58-30-48(39-83)14-22-69(58)92)78(94-72-25-17-51(42-86)33-61(72)62-34-52(43-87)18-26-73(62)94)77(75)93-70-23-15-49(40-84)31-59(70)60-32-50(41-85)16-24-71(60)93/h1-35H. The fourth-order valence-electron chi connectivity index (χ4n) is 13.6. The second-order valence-electron chi connectivity index (χ2n) is 22.5. The zero-order valence-corrected chi connectivity index (χ0v) is 48.9. The van der Waals surface area contributed by atoms with Crippen LogP contribution >= 0.6 is 0 Å². The molecule has 0 radical (unpaired) electrons. The van der Waals surface area contributed by atoms with Crippen molar-refractivity contribution in [3.8, 4) is 111 Å². The predicted octanol–water partition coefficient (Wildman–Crippen LogP) is 16.7. The number of nitrogens with zero attached hydrogens (tertiary/aromatic N) is 15. The molecule has 0 atom stereocenters. The lowest BCUT2D eigenvalue weighted by Gasteiger charge is -2.29. The molecule has 0 N–H and O–H groups in total. The van der Waals surface area contributed by atoms with Crippen LogP contribution < -0.4 is 0 Å². The molecule has 11 aromatic carbocycles. The first-order valence-electron chi connectivity index (χ1n) is 29.4. The van der Waals surface area contributed by atoms with Crippen LogP contribution in [0, 0.1) is 102 Å². The van der Waals surface area contributed by atoms with Crippen molar-refractivity contribution in [3.63, 3.8) is 0 Å². The van der Waals surface area contributed by atoms with Crippen LogP contribution in [0.5, 0.6) is 0 Å². The van der Waals surface area contributed by atoms with Crippen molar-refractivity contribution in [2.75, 3.05) is 0 Å². The number of fused-ring (bicyclic) bond motifs is 12. The molecule has 0 saturated carbocycles. The fraction of sp³-hybridized carbons (Fsp3) is 0. The minimum atomic E-state index is 0.0272. The van der Waals surface area contributed by atoms with Gasteiger partial charge >= 0.3 is 0 Å². The molecule has 15 nitrogen and oxygen atoms in total. The van der Waals surface area contributed by atoms with E-state index in [9.17, 15) is 47.4 Å². The van der Waals surface area contributed by atoms with Gasteiger partial charge in [0.15, 0.2) is 5.82 Å². The van der Waals surface area contributed by atoms with Gasteiger partial charge in [-0.15, -0.1) is 0 Å². The second kappa shape index (κ2) is 21.2. The van der Waals surface area contributed by atoms with Gasteiger partial charge < -0.3 is 18.3 Å². The molecular formula is C79H35N15. The number of nitriles is 9. The SMILES string of the molecule is N#Cc1ccc2c(c1)c1cc(C#N)ccc1n2-c1c(C#N)c(-c2nc(-c3ccccc3)cc(-c3ccccc3)n2)c(-n2c3ccc(C#N)cc3c3cc(C#N)ccc32)c(-n2c3ccc(C#N)cc3c3cc(C#N)ccc32)c1-n1c2ccc(C#N)cc2c2cc(C#N)ccc21. The molecule has 0 amide bonds. The summed E-state index contributed by atoms with van der Waals surface area (Å²) in [5.74, 6) is 0.0937. The Kier molecular flexibility index (Phi) is 12.3. The Balaban J connectivity index is 1.29. The van der Waals surface area contributed by atoms with Crippen LogP contribution in [0.3, 0.4) is 0 Å². The second-order valence-corrected chi connectivity index (χ2v) is 22.5. The zero-order chi connectivity index (χ0) is 64.0. The summed E-state index contributed by atoms with van der Waals surface area (Å²) < 4.78 is 8.10. The quantitative estimate of drug-likeness (QED) is 0.145. The smallest absolute Gasteiger partial charge is 0.164 e. The van der Waals surface area contributed by atoms with E-state index in [2.05, 4.69) is 59.2 Å². The highest BCUT2D eigenvalue weighted by Crippen LogP contribution is 2.52. The van der Waals surface area contributed by atoms with Gasteiger partial charge in [0.25, 0.3) is 0 Å². The Hall–Kier alpha value is -14.9. The van der Waals surface area contributed by atoms with Crippen molar-refractivity contribution in [1.82, 2.24) is 28.2 Å². The molecule has 0 spiro atoms. The van der Waals surface area contributed by atoms with Crippen LogP contribution in [0.2, 0.25) is 0 Å². The molecule has 16 rings (SSSR count). The molecule has 94 heavy (non-hydrogen) atoms. The minimum Gasteiger partial charge on any atom is -0.306 e. The average Bonchev–Trinajstić information content (AvgIpc) is 1.44. The normalized spacial score (nSPS) is 11.1. The molecule has 5 aromatic heterocycles. The average molecular weight is 1190 g/mol. The van der Waals surface area contributed by atoms with Crippen molar-refractivity contribution < 1.29 is 0 Å². The van der Waals surface area contributed by atoms with Crippen LogP contribution in [0.4, 0.5) is 0 Å². The third-order valence-corrected chi connectivity index (χ3v) is 17.6. The maximum absolute atomic E-state index is 13.2. The monoisotopic (exact) mass is 1190 g/mol. The van der Waals surface area contributed by atoms with Crippen LogP contribution in [0.15, 0.2) is 212 Å². The fourth-order valence-corrected chi connectivity index (χ4v) is 13.6. The van der Waals surface area contributed by atoms with Crippen molar-refractivity contribution in [3.05, 3.63) is 262 Å². The van der Waals surface area contributed by atoms with Gasteiger partial charge in [-0.25, -0.2) is 9.97 Å². The summed E-state index contributed by atoms with van der Waals surface area (Å²) in [5, 5.41) is 103. The Morgan fingerprint density at radius 1 is 0.234 bits per heavy atom. The maximum Gasteiger partial charge on any atom is 0.164 e. The van der Waals surface area contributed by atoms with Crippen LogP contribution in [-0.4, -0.2) is 28.2 Å². The van der Waals surface area contributed by atoms with E-state index in [0.717, 1.165) is 11.1 Å². The number of benzene rings is 11. The van der Waals surface area contributed by atoms with Gasteiger partial charge in [0.1, 0.15) is 6.07 Å². The highest BCUT2D eigenvalue weighted by atomic mass is 15.1. The summed E-state index contributed by atoms with van der Waals surface area (Å²) in [7, 11) is 0. The molecule has 0 saturated heterocycles. The van der Waals surface area contributed by atoms with E-state index in [1.807, 2.05) is 129 Å². The lowest BCUT2D eigenvalue weighted by molar-refractivity contribution is 1.01. The molecule has 0 bridgehead atoms. The van der Waals surface area contributed by atoms with E-state index in [4.69, 9.17) is 9.97 Å². The Morgan fingerprint density at radius 3 is 0.713 bits per heavy atom. The van der Waals surface area contributed by atoms with Gasteiger partial charge in [0.05, 0.1) is 182 Å². The Morgan fingerprint density at radius 2 is 0.468 bits per heavy atom. The van der Waals surface area contributed by atoms with Gasteiger partial charge in [0.2, 0.25) is 0 Å². The van der Waals surface area contributed by atoms with Crippen molar-refractivity contribution in [1.29, 1.82) is 47.4 Å². The van der Waals surface area contributed by atoms with E-state index >= 15 is 0 Å². The first-order valence-corrected chi connectivity index (χ1v) is 29.4. The molecule has 15 heteroatoms. The highest BCUT2D eigenvalue weighted by Gasteiger charge is 2.37. The largest absolute Gasteiger partial charge is 0.306 e. The summed E-state index contributed by atoms with van der Waals surface area (Å²) in [6.45, 7) is 0. The molecule has 0 aliphatic rings. The van der Waals surface area contributed by atoms with Crippen molar-refractivity contribution >= 4 is 87.2 Å². The third-order valence-electron chi connectivity index (χ3n) is 17.6. The first kappa shape index (κ1) is 54.5. The van der Waals surface area contributed by atoms with Crippen LogP contribution in [-0.2, 0) is 0 Å².